The number of thiocarbonyl (C=S) groups is 1. The first kappa shape index (κ1) is 13.7. The summed E-state index contributed by atoms with van der Waals surface area (Å²) in [5.74, 6) is -0.491. The number of carbonyl (C=O) groups is 2. The first-order chi connectivity index (χ1) is 8.84. The molecule has 2 rings (SSSR count). The maximum atomic E-state index is 12.4. The highest BCUT2D eigenvalue weighted by molar-refractivity contribution is 7.80. The van der Waals surface area contributed by atoms with Gasteiger partial charge in [-0.25, -0.2) is 0 Å². The van der Waals surface area contributed by atoms with Crippen LogP contribution in [0.5, 0.6) is 0 Å². The van der Waals surface area contributed by atoms with Crippen molar-refractivity contribution >= 4 is 29.0 Å². The minimum Gasteiger partial charge on any atom is -0.393 e. The molecule has 0 radical (unpaired) electrons. The fourth-order valence-corrected chi connectivity index (χ4v) is 2.72. The third-order valence-electron chi connectivity index (χ3n) is 3.42. The number of imide groups is 1. The van der Waals surface area contributed by atoms with Gasteiger partial charge in [-0.2, -0.15) is 0 Å². The minimum atomic E-state index is -0.316. The van der Waals surface area contributed by atoms with Crippen molar-refractivity contribution in [2.75, 3.05) is 0 Å². The molecule has 1 aromatic carbocycles. The van der Waals surface area contributed by atoms with Crippen molar-refractivity contribution < 1.29 is 9.59 Å². The quantitative estimate of drug-likeness (QED) is 0.677. The number of rotatable bonds is 3. The number of nitrogens with two attached hydrogens (primary N) is 1. The predicted octanol–water partition coefficient (Wildman–Crippen LogP) is 1.96. The van der Waals surface area contributed by atoms with Gasteiger partial charge in [-0.1, -0.05) is 24.4 Å². The van der Waals surface area contributed by atoms with E-state index in [1.165, 1.54) is 4.90 Å². The summed E-state index contributed by atoms with van der Waals surface area (Å²) in [5, 5.41) is 0. The second-order valence-corrected chi connectivity index (χ2v) is 5.47. The fraction of sp³-hybridized carbons (Fsp3) is 0.357. The highest BCUT2D eigenvalue weighted by Crippen LogP contribution is 2.30. The van der Waals surface area contributed by atoms with Crippen molar-refractivity contribution in [3.05, 3.63) is 34.4 Å². The van der Waals surface area contributed by atoms with Gasteiger partial charge in [-0.05, 0) is 31.9 Å². The van der Waals surface area contributed by atoms with E-state index in [1.807, 2.05) is 26.0 Å². The normalized spacial score (nSPS) is 15.6. The Kier molecular flexibility index (Phi) is 3.41. The van der Waals surface area contributed by atoms with Crippen LogP contribution in [0, 0.1) is 13.8 Å². The lowest BCUT2D eigenvalue weighted by Crippen LogP contribution is -2.40. The number of nitrogens with zero attached hydrogens (tertiary/aromatic N) is 1. The highest BCUT2D eigenvalue weighted by Gasteiger charge is 2.40. The summed E-state index contributed by atoms with van der Waals surface area (Å²) >= 11 is 4.85. The van der Waals surface area contributed by atoms with Crippen molar-refractivity contribution in [3.63, 3.8) is 0 Å². The van der Waals surface area contributed by atoms with Gasteiger partial charge < -0.3 is 5.73 Å². The zero-order chi connectivity index (χ0) is 14.3. The molecule has 19 heavy (non-hydrogen) atoms. The third-order valence-corrected chi connectivity index (χ3v) is 3.59. The number of hydrogen-bond donors (Lipinski definition) is 1. The van der Waals surface area contributed by atoms with Crippen LogP contribution in [0.3, 0.4) is 0 Å². The zero-order valence-electron chi connectivity index (χ0n) is 11.2. The molecule has 1 aliphatic heterocycles. The van der Waals surface area contributed by atoms with Gasteiger partial charge in [0.05, 0.1) is 16.1 Å². The zero-order valence-corrected chi connectivity index (χ0v) is 12.0. The lowest BCUT2D eigenvalue weighted by Gasteiger charge is -2.21. The monoisotopic (exact) mass is 276 g/mol. The Bertz CT molecular complexity index is 554. The van der Waals surface area contributed by atoms with Gasteiger partial charge >= 0.3 is 0 Å². The van der Waals surface area contributed by atoms with Gasteiger partial charge in [0.25, 0.3) is 11.8 Å². The average molecular weight is 276 g/mol. The topological polar surface area (TPSA) is 63.4 Å². The van der Waals surface area contributed by atoms with Crippen molar-refractivity contribution in [2.45, 2.75) is 33.2 Å². The molecule has 0 fully saturated rings. The van der Waals surface area contributed by atoms with Crippen molar-refractivity contribution in [1.82, 2.24) is 4.90 Å². The van der Waals surface area contributed by atoms with Crippen LogP contribution < -0.4 is 5.73 Å². The molecule has 4 nitrogen and oxygen atoms in total. The molecule has 2 amide bonds. The van der Waals surface area contributed by atoms with Gasteiger partial charge in [0.15, 0.2) is 0 Å². The van der Waals surface area contributed by atoms with E-state index >= 15 is 0 Å². The number of carbonyl (C=O) groups excluding carboxylic acids is 2. The average Bonchev–Trinajstić information content (AvgIpc) is 2.56. The standard InChI is InChI=1S/C14H16N2O2S/c1-7-4-5-8(2)12-11(7)13(17)16(14(12)18)9(3)6-10(15)19/h4-5,9H,6H2,1-3H3,(H2,15,19). The SMILES string of the molecule is Cc1ccc(C)c2c1C(=O)N(C(C)CC(N)=S)C2=O. The minimum absolute atomic E-state index is 0.245. The molecule has 0 saturated carbocycles. The molecule has 1 aliphatic rings. The Morgan fingerprint density at radius 1 is 1.21 bits per heavy atom. The lowest BCUT2D eigenvalue weighted by molar-refractivity contribution is 0.0601. The summed E-state index contributed by atoms with van der Waals surface area (Å²) < 4.78 is 0. The van der Waals surface area contributed by atoms with E-state index in [1.54, 1.807) is 6.92 Å². The Hall–Kier alpha value is -1.75. The van der Waals surface area contributed by atoms with Crippen molar-refractivity contribution in [2.24, 2.45) is 5.73 Å². The Balaban J connectivity index is 2.48. The lowest BCUT2D eigenvalue weighted by atomic mass is 9.99. The summed E-state index contributed by atoms with van der Waals surface area (Å²) in [6.45, 7) is 5.46. The second kappa shape index (κ2) is 4.74. The molecule has 100 valence electrons. The molecule has 0 bridgehead atoms. The van der Waals surface area contributed by atoms with Gasteiger partial charge in [0.1, 0.15) is 0 Å². The first-order valence-electron chi connectivity index (χ1n) is 6.11. The number of hydrogen-bond acceptors (Lipinski definition) is 3. The van der Waals surface area contributed by atoms with E-state index in [9.17, 15) is 9.59 Å². The molecule has 5 heteroatoms. The van der Waals surface area contributed by atoms with Gasteiger partial charge in [-0.15, -0.1) is 0 Å². The molecule has 0 aromatic heterocycles. The Morgan fingerprint density at radius 2 is 1.63 bits per heavy atom. The fourth-order valence-electron chi connectivity index (χ4n) is 2.48. The largest absolute Gasteiger partial charge is 0.393 e. The predicted molar refractivity (Wildman–Crippen MR) is 77.3 cm³/mol. The van der Waals surface area contributed by atoms with Gasteiger partial charge in [0.2, 0.25) is 0 Å². The second-order valence-electron chi connectivity index (χ2n) is 4.95. The summed E-state index contributed by atoms with van der Waals surface area (Å²) in [7, 11) is 0. The van der Waals surface area contributed by atoms with Gasteiger partial charge in [0, 0.05) is 12.5 Å². The highest BCUT2D eigenvalue weighted by atomic mass is 32.1. The summed E-state index contributed by atoms with van der Waals surface area (Å²) in [6, 6.07) is 3.41. The molecular weight excluding hydrogens is 260 g/mol. The Morgan fingerprint density at radius 3 is 2.00 bits per heavy atom. The molecule has 0 aliphatic carbocycles. The van der Waals surface area contributed by atoms with Crippen LogP contribution in [0.25, 0.3) is 0 Å². The van der Waals surface area contributed by atoms with Gasteiger partial charge in [-0.3, -0.25) is 14.5 Å². The van der Waals surface area contributed by atoms with E-state index in [2.05, 4.69) is 0 Å². The molecule has 0 spiro atoms. The van der Waals surface area contributed by atoms with E-state index in [4.69, 9.17) is 18.0 Å². The van der Waals surface area contributed by atoms with Crippen LogP contribution in [0.4, 0.5) is 0 Å². The summed E-state index contributed by atoms with van der Waals surface area (Å²) in [5.41, 5.74) is 8.17. The van der Waals surface area contributed by atoms with E-state index in [-0.39, 0.29) is 17.9 Å². The van der Waals surface area contributed by atoms with Crippen LogP contribution in [0.1, 0.15) is 45.2 Å². The first-order valence-corrected chi connectivity index (χ1v) is 6.51. The number of fused-ring (bicyclic) bond motifs is 1. The van der Waals surface area contributed by atoms with Crippen LogP contribution in [0.2, 0.25) is 0 Å². The van der Waals surface area contributed by atoms with Crippen LogP contribution in [-0.4, -0.2) is 27.7 Å². The maximum absolute atomic E-state index is 12.4. The maximum Gasteiger partial charge on any atom is 0.262 e. The van der Waals surface area contributed by atoms with E-state index in [0.29, 0.717) is 22.5 Å². The molecule has 1 heterocycles. The number of benzene rings is 1. The van der Waals surface area contributed by atoms with Crippen LogP contribution in [-0.2, 0) is 0 Å². The van der Waals surface area contributed by atoms with Crippen LogP contribution in [0.15, 0.2) is 12.1 Å². The molecule has 1 unspecified atom stereocenters. The number of amides is 2. The molecule has 1 aromatic rings. The van der Waals surface area contributed by atoms with Crippen molar-refractivity contribution in [1.29, 1.82) is 0 Å². The van der Waals surface area contributed by atoms with Crippen LogP contribution >= 0.6 is 12.2 Å². The van der Waals surface area contributed by atoms with E-state index < -0.39 is 0 Å². The third kappa shape index (κ3) is 2.14. The molecule has 0 saturated heterocycles. The van der Waals surface area contributed by atoms with E-state index in [0.717, 1.165) is 11.1 Å². The number of aryl methyl sites for hydroxylation is 2. The summed E-state index contributed by atoms with van der Waals surface area (Å²) in [6.07, 6.45) is 0.346. The summed E-state index contributed by atoms with van der Waals surface area (Å²) in [4.78, 5) is 26.4. The molecule has 2 N–H and O–H groups in total. The smallest absolute Gasteiger partial charge is 0.262 e. The Labute approximate surface area is 117 Å². The van der Waals surface area contributed by atoms with Crippen molar-refractivity contribution in [3.8, 4) is 0 Å². The molecule has 1 atom stereocenters. The molecular formula is C14H16N2O2S.